The number of anilines is 1. The zero-order valence-electron chi connectivity index (χ0n) is 16.9. The Morgan fingerprint density at radius 3 is 2.27 bits per heavy atom. The van der Waals surface area contributed by atoms with Crippen LogP contribution in [0.15, 0.2) is 65.1 Å². The second-order valence-corrected chi connectivity index (χ2v) is 10.1. The Balaban J connectivity index is 1.53. The molecule has 2 aromatic rings. The van der Waals surface area contributed by atoms with Crippen LogP contribution in [0, 0.1) is 0 Å². The maximum absolute atomic E-state index is 12.8. The Hall–Kier alpha value is -2.16. The highest BCUT2D eigenvalue weighted by molar-refractivity contribution is 9.10. The van der Waals surface area contributed by atoms with Crippen molar-refractivity contribution in [1.82, 2.24) is 9.80 Å². The molecule has 1 saturated heterocycles. The topological polar surface area (TPSA) is 60.9 Å². The maximum atomic E-state index is 12.8. The highest BCUT2D eigenvalue weighted by Crippen LogP contribution is 2.21. The molecule has 8 heteroatoms. The standard InChI is InChI=1S/C22H26BrN3O3S/c1-30(28,29)26(21-11-9-20(23)10-12-21)18-22(27)25-16-14-24(15-17-25)13-5-8-19-6-3-2-4-7-19/h2-12H,13-18H2,1H3/b8-5+. The smallest absolute Gasteiger partial charge is 0.243 e. The first kappa shape index (κ1) is 22.5. The first-order valence-electron chi connectivity index (χ1n) is 9.78. The van der Waals surface area contributed by atoms with E-state index in [1.165, 1.54) is 5.56 Å². The van der Waals surface area contributed by atoms with E-state index in [2.05, 4.69) is 45.1 Å². The van der Waals surface area contributed by atoms with Crippen molar-refractivity contribution >= 4 is 43.6 Å². The van der Waals surface area contributed by atoms with E-state index < -0.39 is 10.0 Å². The third kappa shape index (κ3) is 6.42. The minimum atomic E-state index is -3.56. The van der Waals surface area contributed by atoms with Crippen LogP contribution >= 0.6 is 15.9 Å². The molecule has 0 aromatic heterocycles. The lowest BCUT2D eigenvalue weighted by molar-refractivity contribution is -0.131. The highest BCUT2D eigenvalue weighted by Gasteiger charge is 2.26. The van der Waals surface area contributed by atoms with Gasteiger partial charge in [-0.2, -0.15) is 0 Å². The fourth-order valence-electron chi connectivity index (χ4n) is 3.31. The number of nitrogens with zero attached hydrogens (tertiary/aromatic N) is 3. The van der Waals surface area contributed by atoms with Crippen molar-refractivity contribution in [3.63, 3.8) is 0 Å². The molecular formula is C22H26BrN3O3S. The molecule has 0 spiro atoms. The number of carbonyl (C=O) groups excluding carboxylic acids is 1. The Morgan fingerprint density at radius 1 is 1.03 bits per heavy atom. The summed E-state index contributed by atoms with van der Waals surface area (Å²) in [6.45, 7) is 3.36. The van der Waals surface area contributed by atoms with Gasteiger partial charge in [0.15, 0.2) is 0 Å². The number of piperazine rings is 1. The molecule has 1 heterocycles. The minimum absolute atomic E-state index is 0.178. The largest absolute Gasteiger partial charge is 0.339 e. The van der Waals surface area contributed by atoms with E-state index in [1.807, 2.05) is 18.2 Å². The van der Waals surface area contributed by atoms with Gasteiger partial charge in [0.1, 0.15) is 6.54 Å². The molecule has 1 amide bonds. The van der Waals surface area contributed by atoms with Gasteiger partial charge in [-0.3, -0.25) is 14.0 Å². The number of carbonyl (C=O) groups is 1. The van der Waals surface area contributed by atoms with Crippen LogP contribution in [0.5, 0.6) is 0 Å². The third-order valence-electron chi connectivity index (χ3n) is 4.99. The SMILES string of the molecule is CS(=O)(=O)N(CC(=O)N1CCN(C/C=C/c2ccccc2)CC1)c1ccc(Br)cc1. The highest BCUT2D eigenvalue weighted by atomic mass is 79.9. The zero-order valence-corrected chi connectivity index (χ0v) is 19.3. The Kier molecular flexibility index (Phi) is 7.69. The van der Waals surface area contributed by atoms with Crippen molar-refractivity contribution < 1.29 is 13.2 Å². The normalized spacial score (nSPS) is 15.5. The molecule has 1 fully saturated rings. The maximum Gasteiger partial charge on any atom is 0.243 e. The molecule has 0 aliphatic carbocycles. The molecule has 0 bridgehead atoms. The fraction of sp³-hybridized carbons (Fsp3) is 0.318. The first-order chi connectivity index (χ1) is 14.3. The van der Waals surface area contributed by atoms with Crippen LogP contribution in [-0.2, 0) is 14.8 Å². The Morgan fingerprint density at radius 2 is 1.67 bits per heavy atom. The molecule has 0 unspecified atom stereocenters. The summed E-state index contributed by atoms with van der Waals surface area (Å²) < 4.78 is 26.5. The molecule has 0 radical (unpaired) electrons. The van der Waals surface area contributed by atoms with Gasteiger partial charge in [0.25, 0.3) is 0 Å². The van der Waals surface area contributed by atoms with Crippen LogP contribution in [-0.4, -0.2) is 69.6 Å². The summed E-state index contributed by atoms with van der Waals surface area (Å²) in [5, 5.41) is 0. The van der Waals surface area contributed by atoms with Gasteiger partial charge in [-0.25, -0.2) is 8.42 Å². The van der Waals surface area contributed by atoms with E-state index in [-0.39, 0.29) is 12.5 Å². The molecule has 1 aliphatic heterocycles. The van der Waals surface area contributed by atoms with Crippen molar-refractivity contribution in [2.24, 2.45) is 0 Å². The predicted molar refractivity (Wildman–Crippen MR) is 125 cm³/mol. The summed E-state index contributed by atoms with van der Waals surface area (Å²) in [5.41, 5.74) is 1.65. The summed E-state index contributed by atoms with van der Waals surface area (Å²) >= 11 is 3.34. The van der Waals surface area contributed by atoms with Gasteiger partial charge in [0.05, 0.1) is 11.9 Å². The van der Waals surface area contributed by atoms with Crippen molar-refractivity contribution in [3.8, 4) is 0 Å². The van der Waals surface area contributed by atoms with Gasteiger partial charge in [0.2, 0.25) is 15.9 Å². The molecule has 6 nitrogen and oxygen atoms in total. The molecule has 0 saturated carbocycles. The van der Waals surface area contributed by atoms with Gasteiger partial charge in [0, 0.05) is 37.2 Å². The quantitative estimate of drug-likeness (QED) is 0.596. The second kappa shape index (κ2) is 10.2. The van der Waals surface area contributed by atoms with Crippen LogP contribution in [0.2, 0.25) is 0 Å². The average Bonchev–Trinajstić information content (AvgIpc) is 2.73. The molecule has 1 aliphatic rings. The van der Waals surface area contributed by atoms with E-state index in [0.717, 1.165) is 34.7 Å². The van der Waals surface area contributed by atoms with Crippen molar-refractivity contribution in [3.05, 3.63) is 70.7 Å². The minimum Gasteiger partial charge on any atom is -0.339 e. The summed E-state index contributed by atoms with van der Waals surface area (Å²) in [6, 6.07) is 17.0. The van der Waals surface area contributed by atoms with Crippen LogP contribution < -0.4 is 4.31 Å². The van der Waals surface area contributed by atoms with Gasteiger partial charge in [-0.1, -0.05) is 58.4 Å². The zero-order chi connectivity index (χ0) is 21.6. The molecule has 2 aromatic carbocycles. The van der Waals surface area contributed by atoms with Crippen LogP contribution in [0.25, 0.3) is 6.08 Å². The van der Waals surface area contributed by atoms with Crippen LogP contribution in [0.4, 0.5) is 5.69 Å². The lowest BCUT2D eigenvalue weighted by Gasteiger charge is -2.35. The number of benzene rings is 2. The van der Waals surface area contributed by atoms with E-state index in [4.69, 9.17) is 0 Å². The Labute approximate surface area is 187 Å². The lowest BCUT2D eigenvalue weighted by atomic mass is 10.2. The predicted octanol–water partition coefficient (Wildman–Crippen LogP) is 3.07. The van der Waals surface area contributed by atoms with Gasteiger partial charge in [-0.05, 0) is 29.8 Å². The summed E-state index contributed by atoms with van der Waals surface area (Å²) in [7, 11) is -3.56. The number of halogens is 1. The van der Waals surface area contributed by atoms with Crippen molar-refractivity contribution in [1.29, 1.82) is 0 Å². The first-order valence-corrected chi connectivity index (χ1v) is 12.4. The van der Waals surface area contributed by atoms with Gasteiger partial charge in [-0.15, -0.1) is 0 Å². The molecule has 0 atom stereocenters. The van der Waals surface area contributed by atoms with Crippen molar-refractivity contribution in [2.45, 2.75) is 0 Å². The van der Waals surface area contributed by atoms with Crippen LogP contribution in [0.3, 0.4) is 0 Å². The molecule has 30 heavy (non-hydrogen) atoms. The Bertz CT molecular complexity index is 970. The van der Waals surface area contributed by atoms with E-state index >= 15 is 0 Å². The molecule has 3 rings (SSSR count). The molecular weight excluding hydrogens is 466 g/mol. The van der Waals surface area contributed by atoms with Gasteiger partial charge < -0.3 is 4.90 Å². The third-order valence-corrected chi connectivity index (χ3v) is 6.66. The van der Waals surface area contributed by atoms with E-state index in [1.54, 1.807) is 29.2 Å². The summed E-state index contributed by atoms with van der Waals surface area (Å²) in [6.07, 6.45) is 5.35. The molecule has 0 N–H and O–H groups in total. The number of amides is 1. The lowest BCUT2D eigenvalue weighted by Crippen LogP contribution is -2.51. The average molecular weight is 492 g/mol. The summed E-state index contributed by atoms with van der Waals surface area (Å²) in [4.78, 5) is 16.8. The summed E-state index contributed by atoms with van der Waals surface area (Å²) in [5.74, 6) is -0.178. The van der Waals surface area contributed by atoms with Gasteiger partial charge >= 0.3 is 0 Å². The van der Waals surface area contributed by atoms with Crippen molar-refractivity contribution in [2.75, 3.05) is 49.8 Å². The fourth-order valence-corrected chi connectivity index (χ4v) is 4.43. The van der Waals surface area contributed by atoms with Crippen LogP contribution in [0.1, 0.15) is 5.56 Å². The molecule has 160 valence electrons. The number of hydrogen-bond acceptors (Lipinski definition) is 4. The number of sulfonamides is 1. The van der Waals surface area contributed by atoms with E-state index in [0.29, 0.717) is 18.8 Å². The number of rotatable bonds is 7. The second-order valence-electron chi connectivity index (χ2n) is 7.24. The van der Waals surface area contributed by atoms with E-state index in [9.17, 15) is 13.2 Å². The monoisotopic (exact) mass is 491 g/mol. The number of hydrogen-bond donors (Lipinski definition) is 0.